The van der Waals surface area contributed by atoms with Crippen molar-refractivity contribution in [1.29, 1.82) is 0 Å². The van der Waals surface area contributed by atoms with Crippen molar-refractivity contribution >= 4 is 23.1 Å². The lowest BCUT2D eigenvalue weighted by atomic mass is 9.99. The third kappa shape index (κ3) is 3.09. The zero-order valence-corrected chi connectivity index (χ0v) is 12.9. The number of amides is 1. The molecule has 2 heterocycles. The lowest BCUT2D eigenvalue weighted by Crippen LogP contribution is -2.56. The molecule has 2 saturated heterocycles. The lowest BCUT2D eigenvalue weighted by Gasteiger charge is -2.44. The van der Waals surface area contributed by atoms with Gasteiger partial charge >= 0.3 is 0 Å². The third-order valence-corrected chi connectivity index (χ3v) is 4.78. The molecule has 0 aliphatic carbocycles. The molecular formula is C16H21N3OS. The predicted molar refractivity (Wildman–Crippen MR) is 87.4 cm³/mol. The fourth-order valence-corrected chi connectivity index (χ4v) is 3.44. The summed E-state index contributed by atoms with van der Waals surface area (Å²) in [5, 5.41) is 0. The van der Waals surface area contributed by atoms with Crippen molar-refractivity contribution in [2.24, 2.45) is 5.73 Å². The van der Waals surface area contributed by atoms with Crippen LogP contribution in [0.5, 0.6) is 0 Å². The molecule has 1 aromatic rings. The van der Waals surface area contributed by atoms with Gasteiger partial charge in [-0.15, -0.1) is 0 Å². The number of fused-ring (bicyclic) bond motifs is 1. The molecule has 21 heavy (non-hydrogen) atoms. The van der Waals surface area contributed by atoms with E-state index in [9.17, 15) is 4.79 Å². The van der Waals surface area contributed by atoms with Crippen LogP contribution in [-0.4, -0.2) is 52.9 Å². The van der Waals surface area contributed by atoms with Crippen LogP contribution in [0.25, 0.3) is 0 Å². The molecule has 0 saturated carbocycles. The molecule has 0 spiro atoms. The smallest absolute Gasteiger partial charge is 0.253 e. The summed E-state index contributed by atoms with van der Waals surface area (Å²) in [7, 11) is 0. The quantitative estimate of drug-likeness (QED) is 0.844. The molecule has 2 N–H and O–H groups in total. The highest BCUT2D eigenvalue weighted by molar-refractivity contribution is 7.80. The minimum atomic E-state index is 0.120. The van der Waals surface area contributed by atoms with Gasteiger partial charge in [-0.25, -0.2) is 0 Å². The van der Waals surface area contributed by atoms with Crippen molar-refractivity contribution in [1.82, 2.24) is 9.80 Å². The SMILES string of the molecule is NC(=S)c1ccc(C(=O)N2CCN3CCCCC3C2)cc1. The number of piperidine rings is 1. The van der Waals surface area contributed by atoms with Crippen LogP contribution in [0, 0.1) is 0 Å². The summed E-state index contributed by atoms with van der Waals surface area (Å²) in [5.74, 6) is 0.120. The van der Waals surface area contributed by atoms with Gasteiger partial charge in [0.25, 0.3) is 5.91 Å². The molecule has 2 aliphatic heterocycles. The van der Waals surface area contributed by atoms with Gasteiger partial charge in [0, 0.05) is 36.8 Å². The maximum absolute atomic E-state index is 12.6. The number of hydrogen-bond donors (Lipinski definition) is 1. The van der Waals surface area contributed by atoms with Gasteiger partial charge in [-0.3, -0.25) is 9.69 Å². The Kier molecular flexibility index (Phi) is 4.22. The first-order chi connectivity index (χ1) is 10.1. The maximum Gasteiger partial charge on any atom is 0.253 e. The Labute approximate surface area is 130 Å². The highest BCUT2D eigenvalue weighted by Crippen LogP contribution is 2.22. The molecule has 2 aliphatic rings. The monoisotopic (exact) mass is 303 g/mol. The summed E-state index contributed by atoms with van der Waals surface area (Å²) in [4.78, 5) is 17.5. The van der Waals surface area contributed by atoms with Gasteiger partial charge in [0.15, 0.2) is 0 Å². The molecule has 0 radical (unpaired) electrons. The number of carbonyl (C=O) groups excluding carboxylic acids is 1. The number of carbonyl (C=O) groups is 1. The summed E-state index contributed by atoms with van der Waals surface area (Å²) >= 11 is 4.94. The van der Waals surface area contributed by atoms with E-state index in [1.807, 2.05) is 29.2 Å². The van der Waals surface area contributed by atoms with Crippen LogP contribution < -0.4 is 5.73 Å². The van der Waals surface area contributed by atoms with E-state index in [0.29, 0.717) is 11.0 Å². The van der Waals surface area contributed by atoms with Crippen molar-refractivity contribution in [3.63, 3.8) is 0 Å². The average molecular weight is 303 g/mol. The van der Waals surface area contributed by atoms with E-state index >= 15 is 0 Å². The normalized spacial score (nSPS) is 22.7. The first-order valence-electron chi connectivity index (χ1n) is 7.58. The first kappa shape index (κ1) is 14.5. The molecule has 3 rings (SSSR count). The van der Waals surface area contributed by atoms with Gasteiger partial charge in [-0.2, -0.15) is 0 Å². The second-order valence-electron chi connectivity index (χ2n) is 5.88. The zero-order chi connectivity index (χ0) is 14.8. The van der Waals surface area contributed by atoms with E-state index in [4.69, 9.17) is 18.0 Å². The van der Waals surface area contributed by atoms with Crippen LogP contribution in [0.4, 0.5) is 0 Å². The standard InChI is InChI=1S/C16H21N3OS/c17-15(21)12-4-6-13(7-5-12)16(20)19-10-9-18-8-2-1-3-14(18)11-19/h4-7,14H,1-3,8-11H2,(H2,17,21). The highest BCUT2D eigenvalue weighted by atomic mass is 32.1. The summed E-state index contributed by atoms with van der Waals surface area (Å²) in [6, 6.07) is 7.85. The molecule has 4 nitrogen and oxygen atoms in total. The van der Waals surface area contributed by atoms with Gasteiger partial charge in [-0.1, -0.05) is 30.8 Å². The van der Waals surface area contributed by atoms with Crippen LogP contribution in [0.2, 0.25) is 0 Å². The molecular weight excluding hydrogens is 282 g/mol. The van der Waals surface area contributed by atoms with E-state index in [0.717, 1.165) is 30.8 Å². The largest absolute Gasteiger partial charge is 0.389 e. The average Bonchev–Trinajstić information content (AvgIpc) is 2.54. The van der Waals surface area contributed by atoms with E-state index in [1.54, 1.807) is 0 Å². The fourth-order valence-electron chi connectivity index (χ4n) is 3.30. The zero-order valence-electron chi connectivity index (χ0n) is 12.1. The van der Waals surface area contributed by atoms with Crippen LogP contribution in [-0.2, 0) is 0 Å². The van der Waals surface area contributed by atoms with Crippen molar-refractivity contribution in [2.45, 2.75) is 25.3 Å². The summed E-state index contributed by atoms with van der Waals surface area (Å²) in [6.45, 7) is 3.87. The Morgan fingerprint density at radius 3 is 2.52 bits per heavy atom. The van der Waals surface area contributed by atoms with Crippen molar-refractivity contribution < 1.29 is 4.79 Å². The van der Waals surface area contributed by atoms with Crippen LogP contribution in [0.1, 0.15) is 35.2 Å². The van der Waals surface area contributed by atoms with Gasteiger partial charge in [0.1, 0.15) is 4.99 Å². The van der Waals surface area contributed by atoms with Crippen LogP contribution in [0.3, 0.4) is 0 Å². The maximum atomic E-state index is 12.6. The molecule has 1 atom stereocenters. The fraction of sp³-hybridized carbons (Fsp3) is 0.500. The molecule has 1 aromatic carbocycles. The summed E-state index contributed by atoms with van der Waals surface area (Å²) in [6.07, 6.45) is 3.79. The Morgan fingerprint density at radius 2 is 1.81 bits per heavy atom. The van der Waals surface area contributed by atoms with Gasteiger partial charge < -0.3 is 10.6 Å². The topological polar surface area (TPSA) is 49.6 Å². The van der Waals surface area contributed by atoms with E-state index in [-0.39, 0.29) is 5.91 Å². The number of thiocarbonyl (C=S) groups is 1. The van der Waals surface area contributed by atoms with E-state index in [1.165, 1.54) is 25.8 Å². The molecule has 0 bridgehead atoms. The van der Waals surface area contributed by atoms with Gasteiger partial charge in [-0.05, 0) is 31.5 Å². The van der Waals surface area contributed by atoms with Crippen molar-refractivity contribution in [3.8, 4) is 0 Å². The van der Waals surface area contributed by atoms with E-state index < -0.39 is 0 Å². The van der Waals surface area contributed by atoms with E-state index in [2.05, 4.69) is 4.90 Å². The second-order valence-corrected chi connectivity index (χ2v) is 6.32. The molecule has 5 heteroatoms. The Hall–Kier alpha value is -1.46. The van der Waals surface area contributed by atoms with Crippen LogP contribution in [0.15, 0.2) is 24.3 Å². The summed E-state index contributed by atoms with van der Waals surface area (Å²) in [5.41, 5.74) is 7.11. The summed E-state index contributed by atoms with van der Waals surface area (Å²) < 4.78 is 0. The first-order valence-corrected chi connectivity index (χ1v) is 7.99. The Bertz CT molecular complexity index is 543. The van der Waals surface area contributed by atoms with Gasteiger partial charge in [0.2, 0.25) is 0 Å². The second kappa shape index (κ2) is 6.12. The minimum Gasteiger partial charge on any atom is -0.389 e. The number of nitrogens with two attached hydrogens (primary N) is 1. The molecule has 112 valence electrons. The van der Waals surface area contributed by atoms with Crippen molar-refractivity contribution in [3.05, 3.63) is 35.4 Å². The van der Waals surface area contributed by atoms with Gasteiger partial charge in [0.05, 0.1) is 0 Å². The number of benzene rings is 1. The number of piperazine rings is 1. The predicted octanol–water partition coefficient (Wildman–Crippen LogP) is 1.63. The highest BCUT2D eigenvalue weighted by Gasteiger charge is 2.31. The Balaban J connectivity index is 1.68. The number of rotatable bonds is 2. The molecule has 2 fully saturated rings. The van der Waals surface area contributed by atoms with Crippen molar-refractivity contribution in [2.75, 3.05) is 26.2 Å². The minimum absolute atomic E-state index is 0.120. The lowest BCUT2D eigenvalue weighted by molar-refractivity contribution is 0.0372. The number of hydrogen-bond acceptors (Lipinski definition) is 3. The van der Waals surface area contributed by atoms with Crippen LogP contribution >= 0.6 is 12.2 Å². The Morgan fingerprint density at radius 1 is 1.10 bits per heavy atom. The molecule has 1 amide bonds. The third-order valence-electron chi connectivity index (χ3n) is 4.54. The molecule has 1 unspecified atom stereocenters. The molecule has 0 aromatic heterocycles. The number of nitrogens with zero attached hydrogens (tertiary/aromatic N) is 2.